The minimum Gasteiger partial charge on any atom is -0.868 e. The van der Waals surface area contributed by atoms with Crippen LogP contribution in [0.4, 0.5) is 0 Å². The molecule has 0 bridgehead atoms. The van der Waals surface area contributed by atoms with Crippen molar-refractivity contribution < 1.29 is 52.5 Å². The summed E-state index contributed by atoms with van der Waals surface area (Å²) in [5.74, 6) is 1.61. The first-order chi connectivity index (χ1) is 26.6. The molecule has 0 radical (unpaired) electrons. The number of benzene rings is 7. The van der Waals surface area contributed by atoms with Gasteiger partial charge in [-0.2, -0.15) is 16.9 Å². The van der Waals surface area contributed by atoms with Crippen molar-refractivity contribution in [1.29, 1.82) is 0 Å². The van der Waals surface area contributed by atoms with Crippen LogP contribution >= 0.6 is 0 Å². The van der Waals surface area contributed by atoms with Crippen molar-refractivity contribution in [3.63, 3.8) is 0 Å². The van der Waals surface area contributed by atoms with Crippen molar-refractivity contribution in [2.45, 2.75) is 0 Å². The van der Waals surface area contributed by atoms with E-state index in [9.17, 15) is 10.3 Å². The molecular formula is C47H28Li2N5O2+. The van der Waals surface area contributed by atoms with E-state index in [0.29, 0.717) is 28.5 Å². The van der Waals surface area contributed by atoms with Crippen LogP contribution in [0, 0.1) is 11.3 Å². The van der Waals surface area contributed by atoms with Gasteiger partial charge in [-0.05, 0) is 62.2 Å². The van der Waals surface area contributed by atoms with E-state index < -0.39 is 0 Å². The first kappa shape index (κ1) is 36.7. The molecule has 7 nitrogen and oxygen atoms in total. The second kappa shape index (κ2) is 15.1. The number of pyridine rings is 2. The van der Waals surface area contributed by atoms with Crippen LogP contribution in [-0.2, 0) is 0 Å². The molecule has 56 heavy (non-hydrogen) atoms. The zero-order valence-corrected chi connectivity index (χ0v) is 30.7. The number of aromatic amines is 1. The zero-order valence-electron chi connectivity index (χ0n) is 30.7. The molecule has 0 fully saturated rings. The first-order valence-electron chi connectivity index (χ1n) is 17.6. The molecular weight excluding hydrogens is 680 g/mol. The molecule has 10 aromatic rings. The second-order valence-corrected chi connectivity index (χ2v) is 13.2. The molecule has 10 rings (SSSR count). The number of hydrogen-bond donors (Lipinski definition) is 0. The Labute approximate surface area is 346 Å². The maximum Gasteiger partial charge on any atom is 1.00 e. The molecule has 0 saturated carbocycles. The molecule has 0 spiro atoms. The molecule has 0 aliphatic rings. The van der Waals surface area contributed by atoms with Gasteiger partial charge in [0.2, 0.25) is 5.52 Å². The Hall–Kier alpha value is -6.32. The maximum absolute atomic E-state index is 13.1. The summed E-state index contributed by atoms with van der Waals surface area (Å²) in [5, 5.41) is 31.7. The summed E-state index contributed by atoms with van der Waals surface area (Å²) in [4.78, 5) is 18.2. The van der Waals surface area contributed by atoms with Gasteiger partial charge in [-0.25, -0.2) is 19.9 Å². The van der Waals surface area contributed by atoms with Gasteiger partial charge in [0.25, 0.3) is 0 Å². The number of fused-ring (bicyclic) bond motifs is 4. The summed E-state index contributed by atoms with van der Waals surface area (Å²) in [5.41, 5.74) is 7.38. The van der Waals surface area contributed by atoms with Crippen molar-refractivity contribution in [2.24, 2.45) is 0 Å². The van der Waals surface area contributed by atoms with E-state index in [1.54, 1.807) is 18.3 Å². The summed E-state index contributed by atoms with van der Waals surface area (Å²) >= 11 is 0. The fraction of sp³-hybridized carbons (Fsp3) is 0. The fourth-order valence-corrected chi connectivity index (χ4v) is 7.61. The Balaban J connectivity index is 0.00000220. The van der Waals surface area contributed by atoms with Crippen LogP contribution in [0.2, 0.25) is 0 Å². The number of rotatable bonds is 5. The topological polar surface area (TPSA) is 103 Å². The molecule has 3 aromatic heterocycles. The van der Waals surface area contributed by atoms with E-state index in [2.05, 4.69) is 41.4 Å². The van der Waals surface area contributed by atoms with Crippen molar-refractivity contribution in [2.75, 3.05) is 0 Å². The van der Waals surface area contributed by atoms with Crippen LogP contribution in [0.15, 0.2) is 164 Å². The Kier molecular flexibility index (Phi) is 9.87. The van der Waals surface area contributed by atoms with Crippen LogP contribution in [0.1, 0.15) is 0 Å². The summed E-state index contributed by atoms with van der Waals surface area (Å²) in [6.07, 6.45) is 3.28. The van der Waals surface area contributed by atoms with Gasteiger partial charge in [-0.15, -0.1) is 11.6 Å². The predicted octanol–water partition coefficient (Wildman–Crippen LogP) is 3.15. The molecule has 0 aliphatic heterocycles. The quantitative estimate of drug-likeness (QED) is 0.0900. The van der Waals surface area contributed by atoms with Gasteiger partial charge in [0.05, 0.1) is 5.39 Å². The molecule has 0 aliphatic carbocycles. The Bertz CT molecular complexity index is 3030. The van der Waals surface area contributed by atoms with Crippen molar-refractivity contribution in [3.8, 4) is 62.2 Å². The molecule has 0 amide bonds. The Morgan fingerprint density at radius 3 is 1.73 bits per heavy atom. The average molecular weight is 709 g/mol. The number of nitrogens with one attached hydrogen (secondary N) is 1. The number of H-pyrrole nitrogens is 1. The molecule has 7 aromatic carbocycles. The normalized spacial score (nSPS) is 11.1. The summed E-state index contributed by atoms with van der Waals surface area (Å²) < 4.78 is 0.858. The molecule has 9 heteroatoms. The van der Waals surface area contributed by atoms with Crippen LogP contribution < -0.4 is 52.5 Å². The predicted molar refractivity (Wildman–Crippen MR) is 211 cm³/mol. The largest absolute Gasteiger partial charge is 1.00 e. The Morgan fingerprint density at radius 2 is 1.05 bits per heavy atom. The number of nitrogens with zero attached hydrogens (tertiary/aromatic N) is 4. The van der Waals surface area contributed by atoms with Crippen molar-refractivity contribution in [1.82, 2.24) is 15.0 Å². The third-order valence-corrected chi connectivity index (χ3v) is 10.0. The van der Waals surface area contributed by atoms with E-state index in [1.807, 2.05) is 109 Å². The van der Waals surface area contributed by atoms with Crippen LogP contribution in [0.25, 0.3) is 99.8 Å². The number of aromatic nitrogens is 5. The number of hydrogen-bond acceptors (Lipinski definition) is 5. The van der Waals surface area contributed by atoms with Crippen LogP contribution in [0.3, 0.4) is 0 Å². The summed E-state index contributed by atoms with van der Waals surface area (Å²) in [6, 6.07) is 52.7. The molecule has 0 atom stereocenters. The monoisotopic (exact) mass is 708 g/mol. The van der Waals surface area contributed by atoms with Gasteiger partial charge >= 0.3 is 37.7 Å². The van der Waals surface area contributed by atoms with Gasteiger partial charge in [-0.1, -0.05) is 121 Å². The van der Waals surface area contributed by atoms with E-state index in [4.69, 9.17) is 15.0 Å². The van der Waals surface area contributed by atoms with E-state index in [0.717, 1.165) is 76.0 Å². The maximum atomic E-state index is 13.1. The minimum atomic E-state index is -0.0712. The van der Waals surface area contributed by atoms with Gasteiger partial charge in [0.1, 0.15) is 5.52 Å². The van der Waals surface area contributed by atoms with E-state index in [-0.39, 0.29) is 43.5 Å². The third-order valence-electron chi connectivity index (χ3n) is 10.0. The van der Waals surface area contributed by atoms with E-state index in [1.165, 1.54) is 6.20 Å². The molecule has 0 unspecified atom stereocenters. The average Bonchev–Trinajstić information content (AvgIpc) is 3.24. The van der Waals surface area contributed by atoms with Gasteiger partial charge < -0.3 is 10.3 Å². The van der Waals surface area contributed by atoms with Crippen LogP contribution in [0.5, 0.6) is 5.75 Å². The molecule has 254 valence electrons. The standard InChI is InChI=1S/C47H28N5O2.2Li/c53-41-25-24-36(38-19-10-26-48-44(38)41)42-34-16-7-8-17-35(34)43(33-18-9-21-40-32(33)20-11-27-52(40)54)39-28-31(22-23-37(39)42)47-50-45(29-12-3-1-4-13-29)49-46(51-47)30-14-5-2-6-15-30;;/h1-20,22-28,53H;;/q-1;2*+1. The van der Waals surface area contributed by atoms with Crippen LogP contribution in [-0.4, -0.2) is 15.0 Å². The molecule has 0 saturated heterocycles. The fourth-order valence-electron chi connectivity index (χ4n) is 7.61. The summed E-state index contributed by atoms with van der Waals surface area (Å²) in [6.45, 7) is 0. The second-order valence-electron chi connectivity index (χ2n) is 13.2. The first-order valence-corrected chi connectivity index (χ1v) is 17.6. The SMILES string of the molecule is [Li+].[Li+].[O-]c1ccc(-c2c3ccccc3c(-c3cc[c-]c4c3ccc[n+]4[O-])c3cc(-c4nc(-c5ccccc5)nc(-c5ccccc5)n4)ccc23)c2ccc[nH+]c12. The molecule has 1 N–H and O–H groups in total. The Morgan fingerprint density at radius 1 is 0.500 bits per heavy atom. The zero-order chi connectivity index (χ0) is 36.2. The van der Waals surface area contributed by atoms with Crippen molar-refractivity contribution >= 4 is 43.4 Å². The van der Waals surface area contributed by atoms with Gasteiger partial charge in [-0.3, -0.25) is 0 Å². The van der Waals surface area contributed by atoms with E-state index >= 15 is 0 Å². The minimum absolute atomic E-state index is 0. The van der Waals surface area contributed by atoms with Gasteiger partial charge in [0.15, 0.2) is 29.9 Å². The molecule has 3 heterocycles. The van der Waals surface area contributed by atoms with Gasteiger partial charge in [0, 0.05) is 22.8 Å². The van der Waals surface area contributed by atoms with Crippen molar-refractivity contribution in [3.05, 3.63) is 175 Å². The summed E-state index contributed by atoms with van der Waals surface area (Å²) in [7, 11) is 0. The third kappa shape index (κ3) is 6.18. The smallest absolute Gasteiger partial charge is 0.868 e.